The van der Waals surface area contributed by atoms with Gasteiger partial charge in [0.1, 0.15) is 0 Å². The van der Waals surface area contributed by atoms with Crippen LogP contribution in [0, 0.1) is 5.92 Å². The standard InChI is InChI=1S/C16H20N4O3S2.ClH/c17-14-6-1-3-11(14)9-15(21)19-12-4-2-5-13(10-12)25(22,23)20-16-18-7-8-24-16;/h2,4-5,7-8,10-11,14H,1,3,6,9,17H2,(H,18,20)(H,19,21);1H/t11-,14+;/m0./s1. The molecule has 0 bridgehead atoms. The first-order chi connectivity index (χ1) is 11.9. The predicted molar refractivity (Wildman–Crippen MR) is 105 cm³/mol. The van der Waals surface area contributed by atoms with E-state index < -0.39 is 10.0 Å². The Morgan fingerprint density at radius 1 is 1.35 bits per heavy atom. The monoisotopic (exact) mass is 416 g/mol. The maximum Gasteiger partial charge on any atom is 0.263 e. The first-order valence-electron chi connectivity index (χ1n) is 8.02. The van der Waals surface area contributed by atoms with Crippen LogP contribution in [-0.2, 0) is 14.8 Å². The van der Waals surface area contributed by atoms with Crippen molar-refractivity contribution in [1.82, 2.24) is 4.98 Å². The van der Waals surface area contributed by atoms with Crippen LogP contribution in [0.15, 0.2) is 40.7 Å². The van der Waals surface area contributed by atoms with E-state index in [0.717, 1.165) is 19.3 Å². The fraction of sp³-hybridized carbons (Fsp3) is 0.375. The molecule has 0 saturated heterocycles. The maximum absolute atomic E-state index is 12.4. The van der Waals surface area contributed by atoms with E-state index in [4.69, 9.17) is 5.73 Å². The number of nitrogens with one attached hydrogen (secondary N) is 2. The third-order valence-electron chi connectivity index (χ3n) is 4.25. The molecule has 1 heterocycles. The van der Waals surface area contributed by atoms with Gasteiger partial charge >= 0.3 is 0 Å². The number of benzene rings is 1. The Balaban J connectivity index is 0.00000243. The molecule has 0 unspecified atom stereocenters. The summed E-state index contributed by atoms with van der Waals surface area (Å²) in [6.07, 6.45) is 4.84. The smallest absolute Gasteiger partial charge is 0.263 e. The summed E-state index contributed by atoms with van der Waals surface area (Å²) >= 11 is 1.19. The minimum atomic E-state index is -3.75. The van der Waals surface area contributed by atoms with E-state index in [1.165, 1.54) is 29.7 Å². The number of carbonyl (C=O) groups is 1. The molecule has 1 aromatic heterocycles. The summed E-state index contributed by atoms with van der Waals surface area (Å²) in [5.41, 5.74) is 6.44. The highest BCUT2D eigenvalue weighted by Crippen LogP contribution is 2.27. The van der Waals surface area contributed by atoms with Crippen LogP contribution < -0.4 is 15.8 Å². The molecule has 2 aromatic rings. The Hall–Kier alpha value is -1.68. The Morgan fingerprint density at radius 3 is 2.81 bits per heavy atom. The minimum absolute atomic E-state index is 0. The van der Waals surface area contributed by atoms with Gasteiger partial charge in [0.15, 0.2) is 5.13 Å². The van der Waals surface area contributed by atoms with Gasteiger partial charge in [-0.2, -0.15) is 0 Å². The largest absolute Gasteiger partial charge is 0.327 e. The lowest BCUT2D eigenvalue weighted by atomic mass is 10.00. The van der Waals surface area contributed by atoms with E-state index in [1.807, 2.05) is 0 Å². The number of amides is 1. The van der Waals surface area contributed by atoms with Crippen molar-refractivity contribution in [1.29, 1.82) is 0 Å². The van der Waals surface area contributed by atoms with Gasteiger partial charge in [0.25, 0.3) is 10.0 Å². The van der Waals surface area contributed by atoms with Crippen molar-refractivity contribution in [2.45, 2.75) is 36.6 Å². The summed E-state index contributed by atoms with van der Waals surface area (Å²) in [4.78, 5) is 16.2. The molecule has 142 valence electrons. The molecule has 0 aliphatic heterocycles. The van der Waals surface area contributed by atoms with Crippen LogP contribution in [0.1, 0.15) is 25.7 Å². The van der Waals surface area contributed by atoms with Gasteiger partial charge in [0.05, 0.1) is 4.90 Å². The van der Waals surface area contributed by atoms with E-state index in [1.54, 1.807) is 17.5 Å². The summed E-state index contributed by atoms with van der Waals surface area (Å²) in [6, 6.07) is 6.23. The van der Waals surface area contributed by atoms with Crippen molar-refractivity contribution in [2.75, 3.05) is 10.0 Å². The third-order valence-corrected chi connectivity index (χ3v) is 6.40. The van der Waals surface area contributed by atoms with Gasteiger partial charge < -0.3 is 11.1 Å². The molecular weight excluding hydrogens is 396 g/mol. The summed E-state index contributed by atoms with van der Waals surface area (Å²) in [5, 5.41) is 4.74. The van der Waals surface area contributed by atoms with Gasteiger partial charge in [-0.15, -0.1) is 23.7 Å². The van der Waals surface area contributed by atoms with E-state index in [0.29, 0.717) is 17.2 Å². The molecule has 0 radical (unpaired) electrons. The molecule has 7 nitrogen and oxygen atoms in total. The molecule has 1 aromatic carbocycles. The average molecular weight is 417 g/mol. The predicted octanol–water partition coefficient (Wildman–Crippen LogP) is 2.82. The van der Waals surface area contributed by atoms with Gasteiger partial charge in [-0.25, -0.2) is 13.4 Å². The molecule has 4 N–H and O–H groups in total. The van der Waals surface area contributed by atoms with Crippen molar-refractivity contribution in [3.05, 3.63) is 35.8 Å². The molecule has 10 heteroatoms. The number of nitrogens with two attached hydrogens (primary N) is 1. The second-order valence-corrected chi connectivity index (χ2v) is 8.65. The highest BCUT2D eigenvalue weighted by atomic mass is 35.5. The highest BCUT2D eigenvalue weighted by molar-refractivity contribution is 7.93. The van der Waals surface area contributed by atoms with Crippen LogP contribution in [0.3, 0.4) is 0 Å². The van der Waals surface area contributed by atoms with E-state index >= 15 is 0 Å². The molecule has 3 rings (SSSR count). The quantitative estimate of drug-likeness (QED) is 0.669. The van der Waals surface area contributed by atoms with Gasteiger partial charge in [-0.05, 0) is 37.0 Å². The Labute approximate surface area is 162 Å². The molecule has 1 aliphatic carbocycles. The van der Waals surface area contributed by atoms with Crippen molar-refractivity contribution < 1.29 is 13.2 Å². The van der Waals surface area contributed by atoms with Crippen LogP contribution in [0.2, 0.25) is 0 Å². The fourth-order valence-electron chi connectivity index (χ4n) is 2.96. The molecule has 1 amide bonds. The van der Waals surface area contributed by atoms with Crippen LogP contribution >= 0.6 is 23.7 Å². The zero-order chi connectivity index (χ0) is 17.9. The van der Waals surface area contributed by atoms with Gasteiger partial charge in [0.2, 0.25) is 5.91 Å². The summed E-state index contributed by atoms with van der Waals surface area (Å²) < 4.78 is 27.2. The lowest BCUT2D eigenvalue weighted by Crippen LogP contribution is -2.28. The number of sulfonamides is 1. The van der Waals surface area contributed by atoms with E-state index in [-0.39, 0.29) is 35.2 Å². The molecule has 1 saturated carbocycles. The van der Waals surface area contributed by atoms with Crippen molar-refractivity contribution in [3.63, 3.8) is 0 Å². The number of rotatable bonds is 6. The Bertz CT molecular complexity index is 843. The number of thiazole rings is 1. The molecule has 26 heavy (non-hydrogen) atoms. The number of anilines is 2. The second-order valence-electron chi connectivity index (χ2n) is 6.08. The summed E-state index contributed by atoms with van der Waals surface area (Å²) in [7, 11) is -3.75. The highest BCUT2D eigenvalue weighted by Gasteiger charge is 2.26. The van der Waals surface area contributed by atoms with Crippen molar-refractivity contribution in [3.8, 4) is 0 Å². The molecular formula is C16H21ClN4O3S2. The Morgan fingerprint density at radius 2 is 2.15 bits per heavy atom. The van der Waals surface area contributed by atoms with Crippen molar-refractivity contribution in [2.24, 2.45) is 11.7 Å². The fourth-order valence-corrected chi connectivity index (χ4v) is 4.79. The lowest BCUT2D eigenvalue weighted by Gasteiger charge is -2.15. The average Bonchev–Trinajstić information content (AvgIpc) is 3.20. The summed E-state index contributed by atoms with van der Waals surface area (Å²) in [6.45, 7) is 0. The van der Waals surface area contributed by atoms with Gasteiger partial charge in [-0.3, -0.25) is 9.52 Å². The lowest BCUT2D eigenvalue weighted by molar-refractivity contribution is -0.117. The second kappa shape index (κ2) is 8.81. The normalized spacial score (nSPS) is 19.6. The van der Waals surface area contributed by atoms with E-state index in [2.05, 4.69) is 15.0 Å². The van der Waals surface area contributed by atoms with Crippen LogP contribution in [0.25, 0.3) is 0 Å². The number of carbonyl (C=O) groups excluding carboxylic acids is 1. The van der Waals surface area contributed by atoms with Gasteiger partial charge in [-0.1, -0.05) is 12.5 Å². The molecule has 1 aliphatic rings. The van der Waals surface area contributed by atoms with Crippen LogP contribution in [0.4, 0.5) is 10.8 Å². The van der Waals surface area contributed by atoms with Crippen LogP contribution in [0.5, 0.6) is 0 Å². The molecule has 0 spiro atoms. The minimum Gasteiger partial charge on any atom is -0.327 e. The molecule has 2 atom stereocenters. The topological polar surface area (TPSA) is 114 Å². The SMILES string of the molecule is Cl.N[C@@H]1CCC[C@H]1CC(=O)Nc1cccc(S(=O)(=O)Nc2nccs2)c1. The first-order valence-corrected chi connectivity index (χ1v) is 10.4. The summed E-state index contributed by atoms with van der Waals surface area (Å²) in [5.74, 6) is 0.0447. The zero-order valence-corrected chi connectivity index (χ0v) is 16.4. The number of aromatic nitrogens is 1. The van der Waals surface area contributed by atoms with Crippen molar-refractivity contribution >= 4 is 50.5 Å². The van der Waals surface area contributed by atoms with Gasteiger partial charge in [0, 0.05) is 29.7 Å². The van der Waals surface area contributed by atoms with Crippen LogP contribution in [-0.4, -0.2) is 25.4 Å². The Kier molecular flexibility index (Phi) is 6.99. The number of hydrogen-bond donors (Lipinski definition) is 3. The maximum atomic E-state index is 12.4. The molecule has 1 fully saturated rings. The number of nitrogens with zero attached hydrogens (tertiary/aromatic N) is 1. The number of halogens is 1. The third kappa shape index (κ3) is 5.16. The van der Waals surface area contributed by atoms with E-state index in [9.17, 15) is 13.2 Å². The number of hydrogen-bond acceptors (Lipinski definition) is 6. The first kappa shape index (κ1) is 20.6. The zero-order valence-electron chi connectivity index (χ0n) is 13.9.